The van der Waals surface area contributed by atoms with Crippen molar-refractivity contribution in [1.29, 1.82) is 0 Å². The molecule has 1 unspecified atom stereocenters. The summed E-state index contributed by atoms with van der Waals surface area (Å²) >= 11 is 1.78. The highest BCUT2D eigenvalue weighted by atomic mass is 32.2. The van der Waals surface area contributed by atoms with Gasteiger partial charge in [0.15, 0.2) is 0 Å². The Bertz CT molecular complexity index is 312. The topological polar surface area (TPSA) is 35.2 Å². The summed E-state index contributed by atoms with van der Waals surface area (Å²) in [6.45, 7) is 4.79. The molecule has 1 aromatic rings. The molecular weight excluding hydrogens is 206 g/mol. The Hall–Kier alpha value is -0.670. The molecule has 0 aliphatic heterocycles. The number of thioether (sulfide) groups is 1. The molecule has 0 radical (unpaired) electrons. The van der Waals surface area contributed by atoms with Gasteiger partial charge in [0.2, 0.25) is 0 Å². The fraction of sp³-hybridized carbons (Fsp3) is 0.500. The van der Waals surface area contributed by atoms with Crippen molar-refractivity contribution in [2.45, 2.75) is 19.9 Å². The van der Waals surface area contributed by atoms with E-state index in [0.29, 0.717) is 0 Å². The average molecular weight is 225 g/mol. The Balaban J connectivity index is 2.77. The Kier molecular flexibility index (Phi) is 4.99. The minimum absolute atomic E-state index is 0.0224. The van der Waals surface area contributed by atoms with E-state index in [9.17, 15) is 0 Å². The van der Waals surface area contributed by atoms with Crippen LogP contribution in [-0.2, 0) is 0 Å². The van der Waals surface area contributed by atoms with Crippen LogP contribution < -0.4 is 10.5 Å². The van der Waals surface area contributed by atoms with Crippen LogP contribution in [0.4, 0.5) is 0 Å². The molecule has 2 N–H and O–H groups in total. The third-order valence-electron chi connectivity index (χ3n) is 2.20. The van der Waals surface area contributed by atoms with Gasteiger partial charge in [-0.15, -0.1) is 0 Å². The van der Waals surface area contributed by atoms with Crippen molar-refractivity contribution in [2.24, 2.45) is 5.73 Å². The van der Waals surface area contributed by atoms with E-state index in [1.807, 2.05) is 13.0 Å². The first-order valence-corrected chi connectivity index (χ1v) is 6.52. The van der Waals surface area contributed by atoms with Gasteiger partial charge in [-0.3, -0.25) is 0 Å². The standard InChI is InChI=1S/C12H19NOS/c1-9-4-5-12(14-6-7-15-3)11(8-9)10(2)13/h4-5,8,10H,6-7,13H2,1-3H3. The highest BCUT2D eigenvalue weighted by Crippen LogP contribution is 2.25. The lowest BCUT2D eigenvalue weighted by Gasteiger charge is -2.14. The van der Waals surface area contributed by atoms with Crippen LogP contribution in [0.1, 0.15) is 24.1 Å². The van der Waals surface area contributed by atoms with Crippen LogP contribution in [0.3, 0.4) is 0 Å². The number of hydrogen-bond donors (Lipinski definition) is 1. The predicted octanol–water partition coefficient (Wildman–Crippen LogP) is 2.76. The van der Waals surface area contributed by atoms with Gasteiger partial charge in [-0.05, 0) is 26.2 Å². The Labute approximate surface area is 96.2 Å². The number of rotatable bonds is 5. The van der Waals surface area contributed by atoms with Gasteiger partial charge in [0.1, 0.15) is 5.75 Å². The van der Waals surface area contributed by atoms with E-state index in [2.05, 4.69) is 25.3 Å². The van der Waals surface area contributed by atoms with E-state index in [0.717, 1.165) is 23.7 Å². The van der Waals surface area contributed by atoms with Crippen LogP contribution >= 0.6 is 11.8 Å². The second-order valence-corrected chi connectivity index (χ2v) is 4.66. The van der Waals surface area contributed by atoms with Crippen molar-refractivity contribution in [3.63, 3.8) is 0 Å². The lowest BCUT2D eigenvalue weighted by molar-refractivity contribution is 0.338. The highest BCUT2D eigenvalue weighted by Gasteiger charge is 2.07. The van der Waals surface area contributed by atoms with E-state index in [4.69, 9.17) is 10.5 Å². The quantitative estimate of drug-likeness (QED) is 0.783. The molecule has 15 heavy (non-hydrogen) atoms. The fourth-order valence-electron chi connectivity index (χ4n) is 1.39. The van der Waals surface area contributed by atoms with E-state index < -0.39 is 0 Å². The third-order valence-corrected chi connectivity index (χ3v) is 2.78. The van der Waals surface area contributed by atoms with Gasteiger partial charge in [0.25, 0.3) is 0 Å². The number of ether oxygens (including phenoxy) is 1. The number of hydrogen-bond acceptors (Lipinski definition) is 3. The molecule has 0 spiro atoms. The zero-order valence-electron chi connectivity index (χ0n) is 9.62. The smallest absolute Gasteiger partial charge is 0.124 e. The Morgan fingerprint density at radius 3 is 2.80 bits per heavy atom. The SMILES string of the molecule is CSCCOc1ccc(C)cc1C(C)N. The van der Waals surface area contributed by atoms with Gasteiger partial charge >= 0.3 is 0 Å². The molecule has 1 rings (SSSR count). The molecule has 0 saturated heterocycles. The first kappa shape index (κ1) is 12.4. The predicted molar refractivity (Wildman–Crippen MR) is 67.7 cm³/mol. The largest absolute Gasteiger partial charge is 0.492 e. The van der Waals surface area contributed by atoms with Gasteiger partial charge in [-0.1, -0.05) is 17.7 Å². The van der Waals surface area contributed by atoms with E-state index in [1.165, 1.54) is 5.56 Å². The van der Waals surface area contributed by atoms with Gasteiger partial charge in [-0.2, -0.15) is 11.8 Å². The van der Waals surface area contributed by atoms with Gasteiger partial charge in [-0.25, -0.2) is 0 Å². The van der Waals surface area contributed by atoms with Crippen molar-refractivity contribution in [2.75, 3.05) is 18.6 Å². The summed E-state index contributed by atoms with van der Waals surface area (Å²) in [6.07, 6.45) is 2.07. The van der Waals surface area contributed by atoms with Crippen molar-refractivity contribution < 1.29 is 4.74 Å². The second kappa shape index (κ2) is 6.03. The number of benzene rings is 1. The van der Waals surface area contributed by atoms with Crippen molar-refractivity contribution in [3.05, 3.63) is 29.3 Å². The summed E-state index contributed by atoms with van der Waals surface area (Å²) in [4.78, 5) is 0. The lowest BCUT2D eigenvalue weighted by Crippen LogP contribution is -2.09. The molecule has 0 fully saturated rings. The van der Waals surface area contributed by atoms with Crippen LogP contribution in [0.25, 0.3) is 0 Å². The molecule has 0 amide bonds. The molecule has 0 heterocycles. The number of nitrogens with two attached hydrogens (primary N) is 1. The molecule has 0 bridgehead atoms. The minimum Gasteiger partial charge on any atom is -0.492 e. The molecular formula is C12H19NOS. The minimum atomic E-state index is 0.0224. The van der Waals surface area contributed by atoms with Gasteiger partial charge < -0.3 is 10.5 Å². The average Bonchev–Trinajstić information content (AvgIpc) is 2.20. The number of aryl methyl sites for hydroxylation is 1. The summed E-state index contributed by atoms with van der Waals surface area (Å²) in [5.74, 6) is 1.93. The summed E-state index contributed by atoms with van der Waals surface area (Å²) in [5, 5.41) is 0. The molecule has 0 aromatic heterocycles. The first-order chi connectivity index (χ1) is 7.15. The van der Waals surface area contributed by atoms with Gasteiger partial charge in [0.05, 0.1) is 6.61 Å². The van der Waals surface area contributed by atoms with Crippen LogP contribution in [0.2, 0.25) is 0 Å². The summed E-state index contributed by atoms with van der Waals surface area (Å²) < 4.78 is 5.69. The van der Waals surface area contributed by atoms with Crippen molar-refractivity contribution in [3.8, 4) is 5.75 Å². The van der Waals surface area contributed by atoms with E-state index >= 15 is 0 Å². The molecule has 0 saturated carbocycles. The second-order valence-electron chi connectivity index (χ2n) is 3.67. The summed E-state index contributed by atoms with van der Waals surface area (Å²) in [7, 11) is 0. The lowest BCUT2D eigenvalue weighted by atomic mass is 10.1. The molecule has 1 aromatic carbocycles. The summed E-state index contributed by atoms with van der Waals surface area (Å²) in [6, 6.07) is 6.18. The van der Waals surface area contributed by atoms with Gasteiger partial charge in [0, 0.05) is 17.4 Å². The maximum atomic E-state index is 5.90. The van der Waals surface area contributed by atoms with Crippen LogP contribution in [0.5, 0.6) is 5.75 Å². The third kappa shape index (κ3) is 3.76. The fourth-order valence-corrected chi connectivity index (χ4v) is 1.64. The molecule has 2 nitrogen and oxygen atoms in total. The van der Waals surface area contributed by atoms with Crippen LogP contribution in [-0.4, -0.2) is 18.6 Å². The molecule has 0 aliphatic carbocycles. The highest BCUT2D eigenvalue weighted by molar-refractivity contribution is 7.98. The Morgan fingerprint density at radius 1 is 1.47 bits per heavy atom. The zero-order chi connectivity index (χ0) is 11.3. The molecule has 1 atom stereocenters. The van der Waals surface area contributed by atoms with E-state index in [-0.39, 0.29) is 6.04 Å². The van der Waals surface area contributed by atoms with Crippen LogP contribution in [0, 0.1) is 6.92 Å². The molecule has 84 valence electrons. The molecule has 0 aliphatic rings. The molecule has 3 heteroatoms. The summed E-state index contributed by atoms with van der Waals surface area (Å²) in [5.41, 5.74) is 8.22. The first-order valence-electron chi connectivity index (χ1n) is 5.13. The van der Waals surface area contributed by atoms with Crippen molar-refractivity contribution in [1.82, 2.24) is 0 Å². The maximum absolute atomic E-state index is 5.90. The van der Waals surface area contributed by atoms with Crippen molar-refractivity contribution >= 4 is 11.8 Å². The zero-order valence-corrected chi connectivity index (χ0v) is 10.4. The maximum Gasteiger partial charge on any atom is 0.124 e. The van der Waals surface area contributed by atoms with Crippen LogP contribution in [0.15, 0.2) is 18.2 Å². The normalized spacial score (nSPS) is 12.5. The van der Waals surface area contributed by atoms with E-state index in [1.54, 1.807) is 11.8 Å². The monoisotopic (exact) mass is 225 g/mol. The Morgan fingerprint density at radius 2 is 2.20 bits per heavy atom.